The zero-order valence-electron chi connectivity index (χ0n) is 13.0. The Bertz CT molecular complexity index is 701. The molecule has 3 N–H and O–H groups in total. The van der Waals surface area contributed by atoms with Crippen molar-refractivity contribution in [1.82, 2.24) is 15.4 Å². The third-order valence-corrected chi connectivity index (χ3v) is 5.18. The summed E-state index contributed by atoms with van der Waals surface area (Å²) in [7, 11) is -3.86. The van der Waals surface area contributed by atoms with Gasteiger partial charge in [-0.1, -0.05) is 6.07 Å². The number of rotatable bonds is 7. The summed E-state index contributed by atoms with van der Waals surface area (Å²) >= 11 is 0. The summed E-state index contributed by atoms with van der Waals surface area (Å²) in [6.07, 6.45) is 1.76. The lowest BCUT2D eigenvalue weighted by molar-refractivity contribution is -0.385. The van der Waals surface area contributed by atoms with Gasteiger partial charge in [-0.25, -0.2) is 13.1 Å². The predicted molar refractivity (Wildman–Crippen MR) is 86.9 cm³/mol. The van der Waals surface area contributed by atoms with Crippen LogP contribution >= 0.6 is 0 Å². The fourth-order valence-electron chi connectivity index (χ4n) is 2.44. The van der Waals surface area contributed by atoms with Crippen molar-refractivity contribution in [2.45, 2.75) is 17.7 Å². The van der Waals surface area contributed by atoms with Crippen molar-refractivity contribution in [3.8, 4) is 0 Å². The molecule has 1 aromatic rings. The first-order valence-corrected chi connectivity index (χ1v) is 9.11. The number of nitrogens with one attached hydrogen (secondary N) is 3. The number of nitro groups is 1. The van der Waals surface area contributed by atoms with Crippen molar-refractivity contribution < 1.29 is 18.1 Å². The second-order valence-electron chi connectivity index (χ2n) is 5.49. The quantitative estimate of drug-likeness (QED) is 0.358. The molecule has 132 valence electrons. The minimum atomic E-state index is -3.86. The van der Waals surface area contributed by atoms with Crippen molar-refractivity contribution in [2.75, 3.05) is 26.2 Å². The molecule has 0 radical (unpaired) electrons. The normalized spacial score (nSPS) is 18.1. The predicted octanol–water partition coefficient (Wildman–Crippen LogP) is -0.0111. The van der Waals surface area contributed by atoms with E-state index in [1.165, 1.54) is 18.2 Å². The maximum absolute atomic E-state index is 12.1. The number of hydrogen-bond acceptors (Lipinski definition) is 6. The lowest BCUT2D eigenvalue weighted by Crippen LogP contribution is -2.42. The zero-order valence-corrected chi connectivity index (χ0v) is 13.8. The van der Waals surface area contributed by atoms with Gasteiger partial charge in [0.05, 0.1) is 15.7 Å². The van der Waals surface area contributed by atoms with Gasteiger partial charge in [-0.3, -0.25) is 14.9 Å². The van der Waals surface area contributed by atoms with Crippen molar-refractivity contribution in [2.24, 2.45) is 5.92 Å². The molecule has 0 bridgehead atoms. The van der Waals surface area contributed by atoms with E-state index in [2.05, 4.69) is 15.4 Å². The van der Waals surface area contributed by atoms with Crippen LogP contribution in [0.5, 0.6) is 0 Å². The molecule has 24 heavy (non-hydrogen) atoms. The highest BCUT2D eigenvalue weighted by atomic mass is 32.2. The average Bonchev–Trinajstić information content (AvgIpc) is 2.59. The van der Waals surface area contributed by atoms with Crippen LogP contribution in [-0.4, -0.2) is 45.4 Å². The van der Waals surface area contributed by atoms with E-state index >= 15 is 0 Å². The Hall–Kier alpha value is -2.04. The van der Waals surface area contributed by atoms with Crippen LogP contribution in [0.1, 0.15) is 12.8 Å². The van der Waals surface area contributed by atoms with Crippen LogP contribution in [0.2, 0.25) is 0 Å². The first kappa shape index (κ1) is 18.3. The molecule has 1 unspecified atom stereocenters. The van der Waals surface area contributed by atoms with Crippen LogP contribution in [-0.2, 0) is 14.8 Å². The number of carbonyl (C=O) groups is 1. The summed E-state index contributed by atoms with van der Waals surface area (Å²) < 4.78 is 26.5. The van der Waals surface area contributed by atoms with Crippen LogP contribution < -0.4 is 15.4 Å². The Labute approximate surface area is 140 Å². The Morgan fingerprint density at radius 1 is 1.38 bits per heavy atom. The number of sulfonamides is 1. The molecule has 2 rings (SSSR count). The summed E-state index contributed by atoms with van der Waals surface area (Å²) in [6.45, 7) is 1.71. The number of carbonyl (C=O) groups excluding carboxylic acids is 1. The van der Waals surface area contributed by atoms with Crippen molar-refractivity contribution >= 4 is 21.6 Å². The van der Waals surface area contributed by atoms with Gasteiger partial charge in [0, 0.05) is 31.8 Å². The number of nitrogens with zero attached hydrogens (tertiary/aromatic N) is 1. The van der Waals surface area contributed by atoms with E-state index in [9.17, 15) is 23.3 Å². The minimum absolute atomic E-state index is 0.0108. The van der Waals surface area contributed by atoms with Gasteiger partial charge in [-0.05, 0) is 25.5 Å². The van der Waals surface area contributed by atoms with Crippen LogP contribution in [0.15, 0.2) is 29.2 Å². The second-order valence-corrected chi connectivity index (χ2v) is 7.25. The minimum Gasteiger partial charge on any atom is -0.355 e. The number of benzene rings is 1. The maximum atomic E-state index is 12.1. The monoisotopic (exact) mass is 356 g/mol. The smallest absolute Gasteiger partial charge is 0.270 e. The fraction of sp³-hybridized carbons (Fsp3) is 0.500. The summed E-state index contributed by atoms with van der Waals surface area (Å²) in [4.78, 5) is 21.8. The van der Waals surface area contributed by atoms with Gasteiger partial charge in [-0.15, -0.1) is 0 Å². The fourth-order valence-corrected chi connectivity index (χ4v) is 3.51. The SMILES string of the molecule is O=C(NCCNS(=O)(=O)c1cccc([N+](=O)[O-])c1)C1CCCNC1. The molecule has 9 nitrogen and oxygen atoms in total. The van der Waals surface area contributed by atoms with Gasteiger partial charge < -0.3 is 10.6 Å². The van der Waals surface area contributed by atoms with Crippen LogP contribution in [0, 0.1) is 16.0 Å². The molecular formula is C14H20N4O5S. The van der Waals surface area contributed by atoms with Gasteiger partial charge in [0.15, 0.2) is 0 Å². The topological polar surface area (TPSA) is 130 Å². The molecule has 1 saturated heterocycles. The van der Waals surface area contributed by atoms with E-state index in [1.54, 1.807) is 0 Å². The van der Waals surface area contributed by atoms with Crippen molar-refractivity contribution in [3.05, 3.63) is 34.4 Å². The van der Waals surface area contributed by atoms with E-state index in [-0.39, 0.29) is 35.5 Å². The third kappa shape index (κ3) is 4.98. The molecule has 1 amide bonds. The van der Waals surface area contributed by atoms with E-state index < -0.39 is 14.9 Å². The van der Waals surface area contributed by atoms with E-state index in [0.29, 0.717) is 6.54 Å². The molecule has 10 heteroatoms. The van der Waals surface area contributed by atoms with E-state index in [0.717, 1.165) is 25.5 Å². The highest BCUT2D eigenvalue weighted by Crippen LogP contribution is 2.16. The Kier molecular flexibility index (Phi) is 6.23. The molecule has 1 atom stereocenters. The third-order valence-electron chi connectivity index (χ3n) is 3.72. The molecule has 1 aliphatic rings. The molecule has 0 spiro atoms. The number of hydrogen-bond donors (Lipinski definition) is 3. The molecule has 0 aliphatic carbocycles. The van der Waals surface area contributed by atoms with Crippen LogP contribution in [0.25, 0.3) is 0 Å². The van der Waals surface area contributed by atoms with Gasteiger partial charge >= 0.3 is 0 Å². The molecule has 0 saturated carbocycles. The lowest BCUT2D eigenvalue weighted by atomic mass is 9.99. The molecule has 1 aliphatic heterocycles. The summed E-state index contributed by atoms with van der Waals surface area (Å²) in [6, 6.07) is 4.80. The Morgan fingerprint density at radius 3 is 2.83 bits per heavy atom. The molecule has 1 heterocycles. The molecule has 1 aromatic carbocycles. The average molecular weight is 356 g/mol. The number of amides is 1. The molecule has 1 fully saturated rings. The highest BCUT2D eigenvalue weighted by Gasteiger charge is 2.21. The van der Waals surface area contributed by atoms with Gasteiger partial charge in [0.25, 0.3) is 5.69 Å². The summed E-state index contributed by atoms with van der Waals surface area (Å²) in [5.41, 5.74) is -0.295. The van der Waals surface area contributed by atoms with Crippen LogP contribution in [0.4, 0.5) is 5.69 Å². The highest BCUT2D eigenvalue weighted by molar-refractivity contribution is 7.89. The number of non-ortho nitro benzene ring substituents is 1. The van der Waals surface area contributed by atoms with Gasteiger partial charge in [-0.2, -0.15) is 0 Å². The molecular weight excluding hydrogens is 336 g/mol. The second kappa shape index (κ2) is 8.18. The lowest BCUT2D eigenvalue weighted by Gasteiger charge is -2.21. The zero-order chi connectivity index (χ0) is 17.6. The van der Waals surface area contributed by atoms with Gasteiger partial charge in [0.1, 0.15) is 0 Å². The Morgan fingerprint density at radius 2 is 2.17 bits per heavy atom. The number of piperidine rings is 1. The van der Waals surface area contributed by atoms with Gasteiger partial charge in [0.2, 0.25) is 15.9 Å². The largest absolute Gasteiger partial charge is 0.355 e. The summed E-state index contributed by atoms with van der Waals surface area (Å²) in [5.74, 6) is -0.191. The maximum Gasteiger partial charge on any atom is 0.270 e. The number of nitro benzene ring substituents is 1. The van der Waals surface area contributed by atoms with E-state index in [1.807, 2.05) is 0 Å². The van der Waals surface area contributed by atoms with Crippen molar-refractivity contribution in [1.29, 1.82) is 0 Å². The summed E-state index contributed by atoms with van der Waals surface area (Å²) in [5, 5.41) is 16.5. The van der Waals surface area contributed by atoms with E-state index in [4.69, 9.17) is 0 Å². The first-order chi connectivity index (χ1) is 11.4. The van der Waals surface area contributed by atoms with Crippen molar-refractivity contribution in [3.63, 3.8) is 0 Å². The van der Waals surface area contributed by atoms with Crippen LogP contribution in [0.3, 0.4) is 0 Å². The molecule has 0 aromatic heterocycles. The standard InChI is InChI=1S/C14H20N4O5S/c19-14(11-3-2-6-15-10-11)16-7-8-17-24(22,23)13-5-1-4-12(9-13)18(20)21/h1,4-5,9,11,15,17H,2-3,6-8,10H2,(H,16,19). The Balaban J connectivity index is 1.83. The first-order valence-electron chi connectivity index (χ1n) is 7.63.